The van der Waals surface area contributed by atoms with E-state index in [-0.39, 0.29) is 11.7 Å². The molecule has 6 heteroatoms. The average Bonchev–Trinajstić information content (AvgIpc) is 2.91. The number of carbonyl (C=O) groups excluding carboxylic acids is 1. The third kappa shape index (κ3) is 2.00. The summed E-state index contributed by atoms with van der Waals surface area (Å²) in [7, 11) is 0. The fourth-order valence-electron chi connectivity index (χ4n) is 2.58. The Morgan fingerprint density at radius 1 is 1.23 bits per heavy atom. The molecule has 0 saturated heterocycles. The van der Waals surface area contributed by atoms with Crippen molar-refractivity contribution in [1.29, 1.82) is 0 Å². The summed E-state index contributed by atoms with van der Waals surface area (Å²) < 4.78 is 19.8. The summed E-state index contributed by atoms with van der Waals surface area (Å²) in [4.78, 5) is 19.3. The van der Waals surface area contributed by atoms with Gasteiger partial charge in [0.05, 0.1) is 12.1 Å². The number of halogens is 1. The molecule has 1 aromatic carbocycles. The van der Waals surface area contributed by atoms with E-state index >= 15 is 0 Å². The van der Waals surface area contributed by atoms with Crippen LogP contribution in [-0.4, -0.2) is 29.0 Å². The quantitative estimate of drug-likeness (QED) is 0.725. The van der Waals surface area contributed by atoms with Gasteiger partial charge in [0, 0.05) is 35.0 Å². The summed E-state index contributed by atoms with van der Waals surface area (Å²) in [5, 5.41) is 3.60. The standard InChI is InChI=1S/C16H12FN3O2/c17-13-7-14-12(16(21)19-3-4-22-14)6-11(13)10-5-9-1-2-18-15(9)20-8-10/h1-2,5-8H,3-4H2,(H,18,20)(H,19,21). The summed E-state index contributed by atoms with van der Waals surface area (Å²) >= 11 is 0. The molecule has 0 spiro atoms. The number of aromatic amines is 1. The molecule has 0 fully saturated rings. The topological polar surface area (TPSA) is 67.0 Å². The number of ether oxygens (including phenoxy) is 1. The van der Waals surface area contributed by atoms with Gasteiger partial charge in [0.2, 0.25) is 0 Å². The molecular formula is C16H12FN3O2. The van der Waals surface area contributed by atoms with Crippen LogP contribution in [-0.2, 0) is 0 Å². The predicted molar refractivity (Wildman–Crippen MR) is 79.3 cm³/mol. The van der Waals surface area contributed by atoms with Crippen molar-refractivity contribution in [2.75, 3.05) is 13.2 Å². The van der Waals surface area contributed by atoms with Gasteiger partial charge < -0.3 is 15.0 Å². The maximum absolute atomic E-state index is 14.4. The Morgan fingerprint density at radius 3 is 3.05 bits per heavy atom. The van der Waals surface area contributed by atoms with Crippen molar-refractivity contribution >= 4 is 16.9 Å². The number of amides is 1. The highest BCUT2D eigenvalue weighted by molar-refractivity contribution is 5.98. The maximum atomic E-state index is 14.4. The largest absolute Gasteiger partial charge is 0.491 e. The fourth-order valence-corrected chi connectivity index (χ4v) is 2.58. The number of hydrogen-bond donors (Lipinski definition) is 2. The van der Waals surface area contributed by atoms with Crippen LogP contribution in [0.1, 0.15) is 10.4 Å². The van der Waals surface area contributed by atoms with Gasteiger partial charge in [-0.05, 0) is 18.2 Å². The molecule has 22 heavy (non-hydrogen) atoms. The van der Waals surface area contributed by atoms with Gasteiger partial charge in [0.1, 0.15) is 23.8 Å². The van der Waals surface area contributed by atoms with Crippen molar-refractivity contribution in [2.24, 2.45) is 0 Å². The molecule has 2 N–H and O–H groups in total. The van der Waals surface area contributed by atoms with Crippen LogP contribution in [0.25, 0.3) is 22.2 Å². The van der Waals surface area contributed by atoms with Crippen LogP contribution < -0.4 is 10.1 Å². The lowest BCUT2D eigenvalue weighted by atomic mass is 10.0. The zero-order valence-electron chi connectivity index (χ0n) is 11.5. The molecular weight excluding hydrogens is 285 g/mol. The van der Waals surface area contributed by atoms with E-state index in [1.807, 2.05) is 12.1 Å². The van der Waals surface area contributed by atoms with Gasteiger partial charge >= 0.3 is 0 Å². The van der Waals surface area contributed by atoms with Gasteiger partial charge in [0.15, 0.2) is 0 Å². The van der Waals surface area contributed by atoms with E-state index in [4.69, 9.17) is 4.74 Å². The van der Waals surface area contributed by atoms with Gasteiger partial charge in [-0.15, -0.1) is 0 Å². The number of aromatic nitrogens is 2. The minimum absolute atomic E-state index is 0.260. The van der Waals surface area contributed by atoms with Gasteiger partial charge in [-0.1, -0.05) is 0 Å². The van der Waals surface area contributed by atoms with E-state index in [2.05, 4.69) is 15.3 Å². The number of H-pyrrole nitrogens is 1. The van der Waals surface area contributed by atoms with E-state index in [1.54, 1.807) is 12.4 Å². The van der Waals surface area contributed by atoms with Crippen LogP contribution in [0.15, 0.2) is 36.7 Å². The number of nitrogens with one attached hydrogen (secondary N) is 2. The van der Waals surface area contributed by atoms with E-state index in [9.17, 15) is 9.18 Å². The summed E-state index contributed by atoms with van der Waals surface area (Å²) in [6, 6.07) is 6.47. The second-order valence-electron chi connectivity index (χ2n) is 5.07. The van der Waals surface area contributed by atoms with Crippen LogP contribution in [0.3, 0.4) is 0 Å². The summed E-state index contributed by atoms with van der Waals surface area (Å²) in [6.45, 7) is 0.732. The molecule has 0 aliphatic carbocycles. The average molecular weight is 297 g/mol. The third-order valence-corrected chi connectivity index (χ3v) is 3.67. The van der Waals surface area contributed by atoms with Gasteiger partial charge in [-0.3, -0.25) is 4.79 Å². The Hall–Kier alpha value is -2.89. The zero-order chi connectivity index (χ0) is 15.1. The van der Waals surface area contributed by atoms with Crippen molar-refractivity contribution < 1.29 is 13.9 Å². The highest BCUT2D eigenvalue weighted by atomic mass is 19.1. The first-order valence-corrected chi connectivity index (χ1v) is 6.90. The lowest BCUT2D eigenvalue weighted by molar-refractivity contribution is 0.0957. The van der Waals surface area contributed by atoms with E-state index in [1.165, 1.54) is 12.1 Å². The number of pyridine rings is 1. The van der Waals surface area contributed by atoms with Gasteiger partial charge in [-0.25, -0.2) is 9.37 Å². The number of hydrogen-bond acceptors (Lipinski definition) is 3. The number of nitrogens with zero attached hydrogens (tertiary/aromatic N) is 1. The molecule has 4 rings (SSSR count). The molecule has 0 bridgehead atoms. The third-order valence-electron chi connectivity index (χ3n) is 3.67. The Labute approximate surface area is 125 Å². The van der Waals surface area contributed by atoms with E-state index in [0.29, 0.717) is 29.8 Å². The molecule has 2 aromatic heterocycles. The molecule has 0 unspecified atom stereocenters. The molecule has 3 heterocycles. The molecule has 0 saturated carbocycles. The first-order valence-electron chi connectivity index (χ1n) is 6.90. The smallest absolute Gasteiger partial charge is 0.255 e. The van der Waals surface area contributed by atoms with Crippen molar-refractivity contribution in [3.8, 4) is 16.9 Å². The summed E-state index contributed by atoms with van der Waals surface area (Å²) in [5.41, 5.74) is 2.02. The van der Waals surface area contributed by atoms with E-state index < -0.39 is 5.82 Å². The molecule has 0 atom stereocenters. The maximum Gasteiger partial charge on any atom is 0.255 e. The number of benzene rings is 1. The number of carbonyl (C=O) groups is 1. The minimum Gasteiger partial charge on any atom is -0.491 e. The molecule has 1 aliphatic heterocycles. The first kappa shape index (κ1) is 12.8. The monoisotopic (exact) mass is 297 g/mol. The van der Waals surface area contributed by atoms with Crippen molar-refractivity contribution in [1.82, 2.24) is 15.3 Å². The van der Waals surface area contributed by atoms with Crippen molar-refractivity contribution in [2.45, 2.75) is 0 Å². The first-order chi connectivity index (χ1) is 10.7. The predicted octanol–water partition coefficient (Wildman–Crippen LogP) is 2.49. The van der Waals surface area contributed by atoms with Crippen LogP contribution in [0.4, 0.5) is 4.39 Å². The molecule has 5 nitrogen and oxygen atoms in total. The van der Waals surface area contributed by atoms with Crippen LogP contribution in [0.2, 0.25) is 0 Å². The highest BCUT2D eigenvalue weighted by Crippen LogP contribution is 2.31. The lowest BCUT2D eigenvalue weighted by Crippen LogP contribution is -2.24. The molecule has 110 valence electrons. The lowest BCUT2D eigenvalue weighted by Gasteiger charge is -2.10. The Morgan fingerprint density at radius 2 is 2.14 bits per heavy atom. The van der Waals surface area contributed by atoms with Crippen LogP contribution in [0, 0.1) is 5.82 Å². The minimum atomic E-state index is -0.440. The molecule has 1 amide bonds. The van der Waals surface area contributed by atoms with Crippen LogP contribution in [0.5, 0.6) is 5.75 Å². The van der Waals surface area contributed by atoms with E-state index in [0.717, 1.165) is 11.0 Å². The van der Waals surface area contributed by atoms with Crippen molar-refractivity contribution in [3.05, 3.63) is 48.0 Å². The van der Waals surface area contributed by atoms with Gasteiger partial charge in [0.25, 0.3) is 5.91 Å². The summed E-state index contributed by atoms with van der Waals surface area (Å²) in [6.07, 6.45) is 3.36. The molecule has 3 aromatic rings. The highest BCUT2D eigenvalue weighted by Gasteiger charge is 2.20. The Kier molecular flexibility index (Phi) is 2.82. The summed E-state index contributed by atoms with van der Waals surface area (Å²) in [5.74, 6) is -0.429. The Bertz CT molecular complexity index is 888. The van der Waals surface area contributed by atoms with Gasteiger partial charge in [-0.2, -0.15) is 0 Å². The number of rotatable bonds is 1. The second kappa shape index (κ2) is 4.84. The van der Waals surface area contributed by atoms with Crippen molar-refractivity contribution in [3.63, 3.8) is 0 Å². The SMILES string of the molecule is O=C1NCCOc2cc(F)c(-c3cnc4[nH]ccc4c3)cc21. The Balaban J connectivity index is 1.89. The zero-order valence-corrected chi connectivity index (χ0v) is 11.5. The molecule has 1 aliphatic rings. The normalized spacial score (nSPS) is 14.1. The fraction of sp³-hybridized carbons (Fsp3) is 0.125. The molecule has 0 radical (unpaired) electrons. The van der Waals surface area contributed by atoms with Crippen LogP contribution >= 0.6 is 0 Å². The second-order valence-corrected chi connectivity index (χ2v) is 5.07. The number of fused-ring (bicyclic) bond motifs is 2.